The van der Waals surface area contributed by atoms with Crippen molar-refractivity contribution < 1.29 is 9.59 Å². The average Bonchev–Trinajstić information content (AvgIpc) is 3.01. The smallest absolute Gasteiger partial charge is 0.247 e. The predicted molar refractivity (Wildman–Crippen MR) is 82.1 cm³/mol. The maximum Gasteiger partial charge on any atom is 0.247 e. The fourth-order valence-electron chi connectivity index (χ4n) is 2.97. The van der Waals surface area contributed by atoms with E-state index in [-0.39, 0.29) is 30.1 Å². The number of hydrogen-bond donors (Lipinski definition) is 2. The first-order chi connectivity index (χ1) is 9.77. The van der Waals surface area contributed by atoms with E-state index < -0.39 is 6.04 Å². The molecule has 5 nitrogen and oxygen atoms in total. The van der Waals surface area contributed by atoms with Crippen LogP contribution in [-0.2, 0) is 9.59 Å². The zero-order valence-corrected chi connectivity index (χ0v) is 12.6. The Labute approximate surface area is 130 Å². The molecule has 2 aliphatic heterocycles. The van der Waals surface area contributed by atoms with Crippen LogP contribution in [-0.4, -0.2) is 42.9 Å². The Morgan fingerprint density at radius 3 is 2.62 bits per heavy atom. The molecule has 1 aromatic rings. The highest BCUT2D eigenvalue weighted by Gasteiger charge is 2.37. The number of amides is 2. The van der Waals surface area contributed by atoms with Gasteiger partial charge in [0.15, 0.2) is 0 Å². The van der Waals surface area contributed by atoms with Crippen LogP contribution in [0.3, 0.4) is 0 Å². The largest absolute Gasteiger partial charge is 0.352 e. The van der Waals surface area contributed by atoms with E-state index in [2.05, 4.69) is 10.6 Å². The van der Waals surface area contributed by atoms with Crippen LogP contribution in [0.5, 0.6) is 0 Å². The lowest BCUT2D eigenvalue weighted by Crippen LogP contribution is -2.53. The van der Waals surface area contributed by atoms with Crippen LogP contribution in [0, 0.1) is 5.92 Å². The molecule has 2 aliphatic rings. The second-order valence-corrected chi connectivity index (χ2v) is 5.33. The van der Waals surface area contributed by atoms with Gasteiger partial charge in [0.05, 0.1) is 5.92 Å². The molecule has 2 fully saturated rings. The minimum atomic E-state index is -0.488. The number of carbonyl (C=O) groups excluding carboxylic acids is 2. The zero-order valence-electron chi connectivity index (χ0n) is 11.7. The van der Waals surface area contributed by atoms with Crippen molar-refractivity contribution in [1.29, 1.82) is 0 Å². The highest BCUT2D eigenvalue weighted by Crippen LogP contribution is 2.26. The van der Waals surface area contributed by atoms with Crippen molar-refractivity contribution in [1.82, 2.24) is 15.5 Å². The van der Waals surface area contributed by atoms with Crippen LogP contribution in [0.4, 0.5) is 0 Å². The van der Waals surface area contributed by atoms with Crippen molar-refractivity contribution in [2.24, 2.45) is 5.92 Å². The van der Waals surface area contributed by atoms with Gasteiger partial charge in [-0.15, -0.1) is 12.4 Å². The highest BCUT2D eigenvalue weighted by molar-refractivity contribution is 5.90. The normalized spacial score (nSPS) is 25.1. The Morgan fingerprint density at radius 2 is 1.95 bits per heavy atom. The van der Waals surface area contributed by atoms with Crippen LogP contribution >= 0.6 is 12.4 Å². The molecular weight excluding hydrogens is 290 g/mol. The van der Waals surface area contributed by atoms with E-state index >= 15 is 0 Å². The van der Waals surface area contributed by atoms with Gasteiger partial charge in [-0.05, 0) is 18.5 Å². The Morgan fingerprint density at radius 1 is 1.19 bits per heavy atom. The van der Waals surface area contributed by atoms with Gasteiger partial charge in [-0.25, -0.2) is 0 Å². The maximum atomic E-state index is 12.6. The molecule has 0 radical (unpaired) electrons. The third kappa shape index (κ3) is 3.19. The van der Waals surface area contributed by atoms with E-state index in [0.29, 0.717) is 13.1 Å². The SMILES string of the molecule is Cl.O=C1NCCN(C(=O)C2CCNC2)C1c1ccccc1. The van der Waals surface area contributed by atoms with E-state index in [1.54, 1.807) is 4.90 Å². The quantitative estimate of drug-likeness (QED) is 0.846. The molecular formula is C15H20ClN3O2. The number of nitrogens with one attached hydrogen (secondary N) is 2. The minimum absolute atomic E-state index is 0. The predicted octanol–water partition coefficient (Wildman–Crippen LogP) is 0.717. The Balaban J connectivity index is 0.00000161. The fourth-order valence-corrected chi connectivity index (χ4v) is 2.97. The van der Waals surface area contributed by atoms with Crippen LogP contribution in [0.2, 0.25) is 0 Å². The van der Waals surface area contributed by atoms with Crippen molar-refractivity contribution in [2.45, 2.75) is 12.5 Å². The summed E-state index contributed by atoms with van der Waals surface area (Å²) in [6.45, 7) is 2.72. The summed E-state index contributed by atoms with van der Waals surface area (Å²) in [6.07, 6.45) is 0.860. The molecule has 0 saturated carbocycles. The lowest BCUT2D eigenvalue weighted by atomic mass is 9.99. The number of halogens is 1. The number of rotatable bonds is 2. The van der Waals surface area contributed by atoms with Gasteiger partial charge in [0, 0.05) is 19.6 Å². The third-order valence-corrected chi connectivity index (χ3v) is 4.02. The Kier molecular flexibility index (Phi) is 5.20. The molecule has 21 heavy (non-hydrogen) atoms. The van der Waals surface area contributed by atoms with Gasteiger partial charge < -0.3 is 15.5 Å². The Bertz CT molecular complexity index is 503. The van der Waals surface area contributed by atoms with Gasteiger partial charge in [-0.3, -0.25) is 9.59 Å². The summed E-state index contributed by atoms with van der Waals surface area (Å²) < 4.78 is 0. The maximum absolute atomic E-state index is 12.6. The number of carbonyl (C=O) groups is 2. The highest BCUT2D eigenvalue weighted by atomic mass is 35.5. The molecule has 2 N–H and O–H groups in total. The summed E-state index contributed by atoms with van der Waals surface area (Å²) >= 11 is 0. The van der Waals surface area contributed by atoms with Gasteiger partial charge in [0.1, 0.15) is 6.04 Å². The molecule has 0 aliphatic carbocycles. The van der Waals surface area contributed by atoms with Gasteiger partial charge in [-0.1, -0.05) is 30.3 Å². The van der Waals surface area contributed by atoms with E-state index in [0.717, 1.165) is 25.1 Å². The number of hydrogen-bond acceptors (Lipinski definition) is 3. The van der Waals surface area contributed by atoms with Crippen molar-refractivity contribution in [2.75, 3.05) is 26.2 Å². The van der Waals surface area contributed by atoms with Gasteiger partial charge in [0.2, 0.25) is 11.8 Å². The van der Waals surface area contributed by atoms with E-state index in [1.807, 2.05) is 30.3 Å². The van der Waals surface area contributed by atoms with Gasteiger partial charge >= 0.3 is 0 Å². The van der Waals surface area contributed by atoms with Crippen LogP contribution < -0.4 is 10.6 Å². The number of piperazine rings is 1. The summed E-state index contributed by atoms with van der Waals surface area (Å²) in [6, 6.07) is 9.04. The van der Waals surface area contributed by atoms with E-state index in [9.17, 15) is 9.59 Å². The second kappa shape index (κ2) is 6.91. The molecule has 6 heteroatoms. The summed E-state index contributed by atoms with van der Waals surface area (Å²) in [5.41, 5.74) is 0.879. The molecule has 2 unspecified atom stereocenters. The molecule has 2 saturated heterocycles. The average molecular weight is 310 g/mol. The van der Waals surface area contributed by atoms with Crippen molar-refractivity contribution in [3.05, 3.63) is 35.9 Å². The minimum Gasteiger partial charge on any atom is -0.352 e. The summed E-state index contributed by atoms with van der Waals surface area (Å²) in [7, 11) is 0. The number of benzene rings is 1. The van der Waals surface area contributed by atoms with Crippen molar-refractivity contribution >= 4 is 24.2 Å². The fraction of sp³-hybridized carbons (Fsp3) is 0.467. The molecule has 1 aromatic carbocycles. The van der Waals surface area contributed by atoms with Crippen LogP contribution in [0.15, 0.2) is 30.3 Å². The summed E-state index contributed by atoms with van der Waals surface area (Å²) in [5, 5.41) is 6.07. The topological polar surface area (TPSA) is 61.4 Å². The Hall–Kier alpha value is -1.59. The monoisotopic (exact) mass is 309 g/mol. The van der Waals surface area contributed by atoms with Gasteiger partial charge in [0.25, 0.3) is 0 Å². The van der Waals surface area contributed by atoms with Crippen LogP contribution in [0.25, 0.3) is 0 Å². The van der Waals surface area contributed by atoms with Gasteiger partial charge in [-0.2, -0.15) is 0 Å². The molecule has 0 spiro atoms. The van der Waals surface area contributed by atoms with Crippen molar-refractivity contribution in [3.8, 4) is 0 Å². The summed E-state index contributed by atoms with van der Waals surface area (Å²) in [5.74, 6) is 0.0209. The van der Waals surface area contributed by atoms with E-state index in [1.165, 1.54) is 0 Å². The van der Waals surface area contributed by atoms with E-state index in [4.69, 9.17) is 0 Å². The molecule has 114 valence electrons. The van der Waals surface area contributed by atoms with Crippen molar-refractivity contribution in [3.63, 3.8) is 0 Å². The lowest BCUT2D eigenvalue weighted by Gasteiger charge is -2.36. The second-order valence-electron chi connectivity index (χ2n) is 5.33. The third-order valence-electron chi connectivity index (χ3n) is 4.02. The van der Waals surface area contributed by atoms with Crippen LogP contribution in [0.1, 0.15) is 18.0 Å². The first-order valence-electron chi connectivity index (χ1n) is 7.11. The zero-order chi connectivity index (χ0) is 13.9. The summed E-state index contributed by atoms with van der Waals surface area (Å²) in [4.78, 5) is 26.6. The molecule has 3 rings (SSSR count). The molecule has 2 heterocycles. The molecule has 2 atom stereocenters. The molecule has 0 bridgehead atoms. The number of nitrogens with zero attached hydrogens (tertiary/aromatic N) is 1. The first kappa shape index (κ1) is 15.8. The standard InChI is InChI=1S/C15H19N3O2.ClH/c19-14-13(11-4-2-1-3-5-11)18(9-8-17-14)15(20)12-6-7-16-10-12;/h1-5,12-13,16H,6-10H2,(H,17,19);1H. The first-order valence-corrected chi connectivity index (χ1v) is 7.11. The molecule has 2 amide bonds. The molecule has 0 aromatic heterocycles. The lowest BCUT2D eigenvalue weighted by molar-refractivity contribution is -0.146.